The number of hydrogen-bond acceptors (Lipinski definition) is 4. The van der Waals surface area contributed by atoms with Crippen molar-refractivity contribution in [2.45, 2.75) is 6.92 Å². The molecule has 0 saturated carbocycles. The average molecular weight is 330 g/mol. The normalized spacial score (nSPS) is 10.2. The van der Waals surface area contributed by atoms with Crippen molar-refractivity contribution in [3.8, 4) is 11.5 Å². The lowest BCUT2D eigenvalue weighted by molar-refractivity contribution is -0.138. The number of benzene rings is 2. The molecule has 2 aromatic rings. The monoisotopic (exact) mass is 330 g/mol. The number of esters is 1. The molecule has 0 N–H and O–H groups in total. The van der Waals surface area contributed by atoms with Crippen molar-refractivity contribution in [1.29, 1.82) is 0 Å². The maximum Gasteiger partial charge on any atom is 0.333 e. The maximum absolute atomic E-state index is 11.4. The van der Waals surface area contributed by atoms with Gasteiger partial charge in [-0.1, -0.05) is 43.0 Å². The number of carbonyl (C=O) groups excluding carboxylic acids is 1. The molecule has 0 aliphatic rings. The molecular formula is C18H19O4P. The largest absolute Gasteiger partial charge is 0.462 e. The lowest BCUT2D eigenvalue weighted by Gasteiger charge is -2.18. The highest BCUT2D eigenvalue weighted by Crippen LogP contribution is 2.39. The van der Waals surface area contributed by atoms with Crippen LogP contribution in [-0.4, -0.2) is 18.7 Å². The summed E-state index contributed by atoms with van der Waals surface area (Å²) in [7, 11) is -1.27. The van der Waals surface area contributed by atoms with E-state index < -0.39 is 14.3 Å². The van der Waals surface area contributed by atoms with Crippen LogP contribution >= 0.6 is 8.38 Å². The predicted molar refractivity (Wildman–Crippen MR) is 91.7 cm³/mol. The van der Waals surface area contributed by atoms with Crippen molar-refractivity contribution in [2.75, 3.05) is 12.8 Å². The van der Waals surface area contributed by atoms with Gasteiger partial charge in [-0.25, -0.2) is 4.79 Å². The summed E-state index contributed by atoms with van der Waals surface area (Å²) in [5.74, 6) is 1.04. The van der Waals surface area contributed by atoms with Crippen LogP contribution in [-0.2, 0) is 9.53 Å². The van der Waals surface area contributed by atoms with Gasteiger partial charge in [-0.3, -0.25) is 0 Å². The first-order valence-corrected chi connectivity index (χ1v) is 8.57. The third kappa shape index (κ3) is 6.13. The topological polar surface area (TPSA) is 44.8 Å². The Hall–Kier alpha value is -2.32. The lowest BCUT2D eigenvalue weighted by Crippen LogP contribution is -2.11. The Labute approximate surface area is 137 Å². The molecule has 0 aromatic heterocycles. The van der Waals surface area contributed by atoms with Crippen LogP contribution in [0.1, 0.15) is 6.92 Å². The van der Waals surface area contributed by atoms with Crippen molar-refractivity contribution in [3.05, 3.63) is 72.8 Å². The maximum atomic E-state index is 11.4. The average Bonchev–Trinajstić information content (AvgIpc) is 2.56. The van der Waals surface area contributed by atoms with E-state index in [2.05, 4.69) is 6.58 Å². The Morgan fingerprint density at radius 1 is 0.957 bits per heavy atom. The predicted octanol–water partition coefficient (Wildman–Crippen LogP) is 4.58. The van der Waals surface area contributed by atoms with Gasteiger partial charge in [0.15, 0.2) is 0 Å². The first-order valence-electron chi connectivity index (χ1n) is 7.21. The molecule has 0 spiro atoms. The van der Waals surface area contributed by atoms with Gasteiger partial charge in [0.25, 0.3) is 8.38 Å². The summed E-state index contributed by atoms with van der Waals surface area (Å²) >= 11 is 0. The second kappa shape index (κ2) is 8.96. The molecular weight excluding hydrogens is 311 g/mol. The van der Waals surface area contributed by atoms with Crippen LogP contribution in [0.4, 0.5) is 0 Å². The van der Waals surface area contributed by atoms with Crippen LogP contribution in [0.2, 0.25) is 0 Å². The zero-order valence-electron chi connectivity index (χ0n) is 13.0. The molecule has 0 aliphatic carbocycles. The van der Waals surface area contributed by atoms with Crippen LogP contribution in [0.15, 0.2) is 72.8 Å². The van der Waals surface area contributed by atoms with E-state index in [1.54, 1.807) is 6.92 Å². The van der Waals surface area contributed by atoms with Crippen molar-refractivity contribution in [1.82, 2.24) is 0 Å². The van der Waals surface area contributed by atoms with E-state index in [1.807, 2.05) is 60.7 Å². The Kier molecular flexibility index (Phi) is 6.64. The summed E-state index contributed by atoms with van der Waals surface area (Å²) in [4.78, 5) is 11.4. The molecule has 0 unspecified atom stereocenters. The minimum atomic E-state index is -1.27. The molecule has 0 aliphatic heterocycles. The van der Waals surface area contributed by atoms with Crippen LogP contribution in [0.25, 0.3) is 0 Å². The summed E-state index contributed by atoms with van der Waals surface area (Å²) in [5, 5.41) is 0. The fraction of sp³-hybridized carbons (Fsp3) is 0.167. The molecule has 0 radical (unpaired) electrons. The zero-order valence-corrected chi connectivity index (χ0v) is 13.9. The van der Waals surface area contributed by atoms with Gasteiger partial charge in [-0.15, -0.1) is 0 Å². The number of rotatable bonds is 8. The van der Waals surface area contributed by atoms with Gasteiger partial charge >= 0.3 is 5.97 Å². The molecule has 0 saturated heterocycles. The molecule has 5 heteroatoms. The van der Waals surface area contributed by atoms with Crippen LogP contribution in [0.3, 0.4) is 0 Å². The van der Waals surface area contributed by atoms with Crippen LogP contribution < -0.4 is 9.05 Å². The standard InChI is InChI=1S/C18H19O4P/c1-15(2)18(19)20-13-14-23(21-16-9-5-3-6-10-16)22-17-11-7-4-8-12-17/h3-12H,1,13-14H2,2H3. The molecule has 2 aromatic carbocycles. The van der Waals surface area contributed by atoms with Gasteiger partial charge in [0, 0.05) is 5.57 Å². The Morgan fingerprint density at radius 3 is 1.87 bits per heavy atom. The first-order chi connectivity index (χ1) is 11.1. The van der Waals surface area contributed by atoms with E-state index in [0.29, 0.717) is 11.7 Å². The van der Waals surface area contributed by atoms with Gasteiger partial charge in [0.1, 0.15) is 18.1 Å². The Bertz CT molecular complexity index is 586. The molecule has 0 atom stereocenters. The van der Waals surface area contributed by atoms with Gasteiger partial charge < -0.3 is 13.8 Å². The third-order valence-electron chi connectivity index (χ3n) is 2.76. The van der Waals surface area contributed by atoms with Gasteiger partial charge in [0.2, 0.25) is 0 Å². The smallest absolute Gasteiger partial charge is 0.333 e. The van der Waals surface area contributed by atoms with Gasteiger partial charge in [-0.05, 0) is 31.2 Å². The molecule has 0 heterocycles. The molecule has 4 nitrogen and oxygen atoms in total. The highest BCUT2D eigenvalue weighted by Gasteiger charge is 2.16. The highest BCUT2D eigenvalue weighted by atomic mass is 31.2. The molecule has 2 rings (SSSR count). The number of carbonyl (C=O) groups is 1. The second-order valence-corrected chi connectivity index (χ2v) is 6.26. The summed E-state index contributed by atoms with van der Waals surface area (Å²) in [5.41, 5.74) is 0.377. The Morgan fingerprint density at radius 2 is 1.43 bits per heavy atom. The van der Waals surface area contributed by atoms with E-state index in [4.69, 9.17) is 13.8 Å². The molecule has 23 heavy (non-hydrogen) atoms. The van der Waals surface area contributed by atoms with Gasteiger partial charge in [0.05, 0.1) is 6.16 Å². The number of para-hydroxylation sites is 2. The van der Waals surface area contributed by atoms with E-state index in [0.717, 1.165) is 11.5 Å². The third-order valence-corrected chi connectivity index (χ3v) is 4.13. The van der Waals surface area contributed by atoms with Crippen molar-refractivity contribution in [3.63, 3.8) is 0 Å². The molecule has 0 amide bonds. The summed E-state index contributed by atoms with van der Waals surface area (Å²) in [6.07, 6.45) is 0.470. The van der Waals surface area contributed by atoms with Crippen LogP contribution in [0.5, 0.6) is 11.5 Å². The van der Waals surface area contributed by atoms with Crippen molar-refractivity contribution in [2.24, 2.45) is 0 Å². The lowest BCUT2D eigenvalue weighted by atomic mass is 10.3. The Balaban J connectivity index is 1.96. The minimum absolute atomic E-state index is 0.219. The summed E-state index contributed by atoms with van der Waals surface area (Å²) in [6, 6.07) is 18.9. The van der Waals surface area contributed by atoms with Crippen LogP contribution in [0, 0.1) is 0 Å². The molecule has 0 bridgehead atoms. The SMILES string of the molecule is C=C(C)C(=O)OCCP(Oc1ccccc1)Oc1ccccc1. The van der Waals surface area contributed by atoms with E-state index in [1.165, 1.54) is 0 Å². The number of hydrogen-bond donors (Lipinski definition) is 0. The second-order valence-electron chi connectivity index (χ2n) is 4.78. The fourth-order valence-corrected chi connectivity index (χ4v) is 2.82. The van der Waals surface area contributed by atoms with Crippen molar-refractivity contribution < 1.29 is 18.6 Å². The first kappa shape index (κ1) is 17.0. The van der Waals surface area contributed by atoms with Crippen molar-refractivity contribution >= 4 is 14.3 Å². The molecule has 120 valence electrons. The van der Waals surface area contributed by atoms with E-state index >= 15 is 0 Å². The quantitative estimate of drug-likeness (QED) is 0.404. The fourth-order valence-electron chi connectivity index (χ4n) is 1.64. The van der Waals surface area contributed by atoms with Gasteiger partial charge in [-0.2, -0.15) is 0 Å². The minimum Gasteiger partial charge on any atom is -0.462 e. The number of ether oxygens (including phenoxy) is 1. The van der Waals surface area contributed by atoms with E-state index in [-0.39, 0.29) is 6.61 Å². The van der Waals surface area contributed by atoms with E-state index in [9.17, 15) is 4.79 Å². The zero-order chi connectivity index (χ0) is 16.5. The summed E-state index contributed by atoms with van der Waals surface area (Å²) in [6.45, 7) is 5.39. The highest BCUT2D eigenvalue weighted by molar-refractivity contribution is 7.48. The molecule has 0 fully saturated rings. The summed E-state index contributed by atoms with van der Waals surface area (Å²) < 4.78 is 16.9.